The van der Waals surface area contributed by atoms with Crippen LogP contribution in [0.25, 0.3) is 0 Å². The average Bonchev–Trinajstić information content (AvgIpc) is 2.15. The molecule has 0 aliphatic carbocycles. The lowest BCUT2D eigenvalue weighted by molar-refractivity contribution is 0.249. The van der Waals surface area contributed by atoms with Crippen molar-refractivity contribution in [1.82, 2.24) is 5.43 Å². The largest absolute Gasteiger partial charge is 0.374 e. The maximum absolute atomic E-state index is 10.6. The number of hydrogen-bond donors (Lipinski definition) is 3. The van der Waals surface area contributed by atoms with Crippen molar-refractivity contribution in [1.29, 1.82) is 0 Å². The minimum Gasteiger partial charge on any atom is -0.374 e. The third-order valence-corrected chi connectivity index (χ3v) is 1.64. The van der Waals surface area contributed by atoms with Crippen LogP contribution in [0.1, 0.15) is 0 Å². The van der Waals surface area contributed by atoms with Gasteiger partial charge in [-0.05, 0) is 24.4 Å². The molecule has 0 heterocycles. The lowest BCUT2D eigenvalue weighted by Crippen LogP contribution is -2.51. The van der Waals surface area contributed by atoms with E-state index < -0.39 is 6.03 Å². The molecule has 0 aliphatic heterocycles. The molecule has 0 fully saturated rings. The topological polar surface area (TPSA) is 84.4 Å². The summed E-state index contributed by atoms with van der Waals surface area (Å²) in [5.74, 6) is 0. The number of thiocarbonyl (C=S) groups is 1. The Morgan fingerprint density at radius 2 is 1.86 bits per heavy atom. The van der Waals surface area contributed by atoms with Gasteiger partial charge in [0.15, 0.2) is 5.11 Å². The molecule has 14 heavy (non-hydrogen) atoms. The fourth-order valence-corrected chi connectivity index (χ4v) is 1.09. The van der Waals surface area contributed by atoms with Gasteiger partial charge < -0.3 is 11.5 Å². The summed E-state index contributed by atoms with van der Waals surface area (Å²) in [4.78, 5) is 10.6. The van der Waals surface area contributed by atoms with Gasteiger partial charge in [-0.1, -0.05) is 18.2 Å². The lowest BCUT2D eigenvalue weighted by Gasteiger charge is -2.21. The number of urea groups is 1. The highest BCUT2D eigenvalue weighted by atomic mass is 32.1. The Labute approximate surface area is 86.6 Å². The van der Waals surface area contributed by atoms with Crippen molar-refractivity contribution in [2.75, 3.05) is 5.01 Å². The monoisotopic (exact) mass is 210 g/mol. The Hall–Kier alpha value is -1.82. The van der Waals surface area contributed by atoms with Crippen LogP contribution in [-0.4, -0.2) is 11.1 Å². The van der Waals surface area contributed by atoms with E-state index in [2.05, 4.69) is 5.43 Å². The number of carbonyl (C=O) groups is 1. The maximum atomic E-state index is 10.6. The van der Waals surface area contributed by atoms with E-state index in [0.29, 0.717) is 5.69 Å². The first kappa shape index (κ1) is 10.3. The van der Waals surface area contributed by atoms with Crippen LogP contribution in [0, 0.1) is 0 Å². The summed E-state index contributed by atoms with van der Waals surface area (Å²) in [6.45, 7) is 0. The van der Waals surface area contributed by atoms with Gasteiger partial charge in [0.2, 0.25) is 0 Å². The molecular weight excluding hydrogens is 200 g/mol. The lowest BCUT2D eigenvalue weighted by atomic mass is 10.3. The zero-order valence-corrected chi connectivity index (χ0v) is 8.12. The molecule has 74 valence electrons. The first-order chi connectivity index (χ1) is 6.61. The van der Waals surface area contributed by atoms with Gasteiger partial charge in [-0.2, -0.15) is 0 Å². The normalized spacial score (nSPS) is 9.14. The van der Waals surface area contributed by atoms with Crippen molar-refractivity contribution < 1.29 is 4.79 Å². The zero-order chi connectivity index (χ0) is 10.6. The molecule has 0 saturated carbocycles. The van der Waals surface area contributed by atoms with Crippen LogP contribution >= 0.6 is 12.2 Å². The molecule has 0 spiro atoms. The molecule has 0 saturated heterocycles. The number of rotatable bonds is 1. The van der Waals surface area contributed by atoms with Crippen LogP contribution in [-0.2, 0) is 0 Å². The van der Waals surface area contributed by atoms with Gasteiger partial charge in [0.05, 0.1) is 5.69 Å². The molecule has 2 amide bonds. The Bertz CT molecular complexity index is 340. The second-order valence-corrected chi connectivity index (χ2v) is 2.90. The van der Waals surface area contributed by atoms with Crippen LogP contribution in [0.15, 0.2) is 30.3 Å². The van der Waals surface area contributed by atoms with Crippen molar-refractivity contribution in [3.8, 4) is 0 Å². The Morgan fingerprint density at radius 3 is 2.29 bits per heavy atom. The summed E-state index contributed by atoms with van der Waals surface area (Å²) in [6, 6.07) is 8.20. The predicted molar refractivity (Wildman–Crippen MR) is 58.4 cm³/mol. The number of benzene rings is 1. The first-order valence-corrected chi connectivity index (χ1v) is 4.23. The van der Waals surface area contributed by atoms with Crippen molar-refractivity contribution >= 4 is 29.0 Å². The molecule has 5 N–H and O–H groups in total. The third kappa shape index (κ3) is 2.60. The fourth-order valence-electron chi connectivity index (χ4n) is 0.934. The average molecular weight is 210 g/mol. The molecular formula is C8H10N4OS. The summed E-state index contributed by atoms with van der Waals surface area (Å²) >= 11 is 4.75. The van der Waals surface area contributed by atoms with Crippen molar-refractivity contribution in [2.45, 2.75) is 0 Å². The summed E-state index contributed by atoms with van der Waals surface area (Å²) in [7, 11) is 0. The molecule has 0 aliphatic rings. The smallest absolute Gasteiger partial charge is 0.331 e. The van der Waals surface area contributed by atoms with Crippen LogP contribution in [0.3, 0.4) is 0 Å². The van der Waals surface area contributed by atoms with Gasteiger partial charge in [-0.3, -0.25) is 0 Å². The van der Waals surface area contributed by atoms with Gasteiger partial charge in [0.25, 0.3) is 0 Å². The quantitative estimate of drug-likeness (QED) is 0.460. The number of para-hydroxylation sites is 1. The highest BCUT2D eigenvalue weighted by Crippen LogP contribution is 2.09. The van der Waals surface area contributed by atoms with Gasteiger partial charge >= 0.3 is 6.03 Å². The second kappa shape index (κ2) is 4.43. The van der Waals surface area contributed by atoms with Gasteiger partial charge in [-0.15, -0.1) is 0 Å². The molecule has 1 aromatic rings. The summed E-state index contributed by atoms with van der Waals surface area (Å²) < 4.78 is 0. The number of nitrogens with two attached hydrogens (primary N) is 2. The molecule has 6 heteroatoms. The highest BCUT2D eigenvalue weighted by molar-refractivity contribution is 7.80. The summed E-state index contributed by atoms with van der Waals surface area (Å²) in [5, 5.41) is 1.26. The zero-order valence-electron chi connectivity index (χ0n) is 7.31. The SMILES string of the molecule is NC(=O)NN(C(N)=S)c1ccccc1. The van der Waals surface area contributed by atoms with E-state index in [9.17, 15) is 4.79 Å². The van der Waals surface area contributed by atoms with Crippen molar-refractivity contribution in [2.24, 2.45) is 11.5 Å². The number of anilines is 1. The number of primary amides is 1. The first-order valence-electron chi connectivity index (χ1n) is 3.82. The van der Waals surface area contributed by atoms with E-state index in [1.807, 2.05) is 6.07 Å². The van der Waals surface area contributed by atoms with E-state index in [0.717, 1.165) is 0 Å². The third-order valence-electron chi connectivity index (χ3n) is 1.46. The number of nitrogens with one attached hydrogen (secondary N) is 1. The van der Waals surface area contributed by atoms with Crippen LogP contribution in [0.4, 0.5) is 10.5 Å². The number of hydrazine groups is 1. The molecule has 0 bridgehead atoms. The fraction of sp³-hybridized carbons (Fsp3) is 0. The summed E-state index contributed by atoms with van der Waals surface area (Å²) in [5.41, 5.74) is 13.3. The second-order valence-electron chi connectivity index (χ2n) is 2.49. The van der Waals surface area contributed by atoms with E-state index in [1.54, 1.807) is 24.3 Å². The Morgan fingerprint density at radius 1 is 1.29 bits per heavy atom. The molecule has 5 nitrogen and oxygen atoms in total. The number of nitrogens with zero attached hydrogens (tertiary/aromatic N) is 1. The standard InChI is InChI=1S/C8H10N4OS/c9-7(13)11-12(8(10)14)6-4-2-1-3-5-6/h1-5H,(H2,10,14)(H3,9,11,13). The summed E-state index contributed by atoms with van der Waals surface area (Å²) in [6.07, 6.45) is 0. The van der Waals surface area contributed by atoms with Gasteiger partial charge in [0, 0.05) is 0 Å². The van der Waals surface area contributed by atoms with E-state index in [1.165, 1.54) is 5.01 Å². The van der Waals surface area contributed by atoms with Crippen LogP contribution in [0.2, 0.25) is 0 Å². The Balaban J connectivity index is 2.89. The van der Waals surface area contributed by atoms with Crippen LogP contribution < -0.4 is 21.9 Å². The van der Waals surface area contributed by atoms with E-state index in [-0.39, 0.29) is 5.11 Å². The van der Waals surface area contributed by atoms with E-state index in [4.69, 9.17) is 23.7 Å². The minimum atomic E-state index is -0.721. The highest BCUT2D eigenvalue weighted by Gasteiger charge is 2.09. The number of hydrogen-bond acceptors (Lipinski definition) is 2. The molecule has 0 aromatic heterocycles. The molecule has 1 aromatic carbocycles. The predicted octanol–water partition coefficient (Wildman–Crippen LogP) is 0.320. The van der Waals surface area contributed by atoms with Gasteiger partial charge in [0.1, 0.15) is 0 Å². The van der Waals surface area contributed by atoms with Crippen molar-refractivity contribution in [3.63, 3.8) is 0 Å². The molecule has 1 rings (SSSR count). The van der Waals surface area contributed by atoms with Crippen LogP contribution in [0.5, 0.6) is 0 Å². The minimum absolute atomic E-state index is 0.0231. The van der Waals surface area contributed by atoms with Crippen molar-refractivity contribution in [3.05, 3.63) is 30.3 Å². The molecule has 0 unspecified atom stereocenters. The van der Waals surface area contributed by atoms with Gasteiger partial charge in [-0.25, -0.2) is 15.2 Å². The number of carbonyl (C=O) groups excluding carboxylic acids is 1. The number of amides is 2. The van der Waals surface area contributed by atoms with E-state index >= 15 is 0 Å². The Kier molecular flexibility index (Phi) is 3.24. The molecule has 0 radical (unpaired) electrons. The maximum Gasteiger partial charge on any atom is 0.331 e. The molecule has 0 atom stereocenters.